The van der Waals surface area contributed by atoms with Gasteiger partial charge in [0.15, 0.2) is 0 Å². The van der Waals surface area contributed by atoms with Crippen LogP contribution in [-0.4, -0.2) is 55.0 Å². The number of imide groups is 1. The monoisotopic (exact) mass is 355 g/mol. The van der Waals surface area contributed by atoms with Crippen molar-refractivity contribution in [1.82, 2.24) is 4.90 Å². The molecule has 0 aromatic heterocycles. The Kier molecular flexibility index (Phi) is 6.35. The van der Waals surface area contributed by atoms with Gasteiger partial charge in [-0.25, -0.2) is 0 Å². The van der Waals surface area contributed by atoms with E-state index in [0.29, 0.717) is 37.6 Å². The fourth-order valence-corrected chi connectivity index (χ4v) is 2.31. The van der Waals surface area contributed by atoms with Gasteiger partial charge >= 0.3 is 0 Å². The van der Waals surface area contributed by atoms with E-state index in [-0.39, 0.29) is 18.4 Å². The largest absolute Gasteiger partial charge is 0.379 e. The highest BCUT2D eigenvalue weighted by atomic mass is 79.9. The van der Waals surface area contributed by atoms with Gasteiger partial charge in [0, 0.05) is 11.9 Å². The number of halogens is 1. The smallest absolute Gasteiger partial charge is 0.261 e. The van der Waals surface area contributed by atoms with Gasteiger partial charge in [0.1, 0.15) is 0 Å². The standard InChI is InChI=1S/C15H18BrNO4/c16-6-3-8-20-10-11-21-9-7-17-14(18)12-4-1-2-5-13(12)15(17)19/h1-2,4-5H,3,6-11H2. The molecular weight excluding hydrogens is 338 g/mol. The molecule has 0 bridgehead atoms. The summed E-state index contributed by atoms with van der Waals surface area (Å²) in [5.74, 6) is -0.486. The first-order valence-electron chi connectivity index (χ1n) is 6.92. The Morgan fingerprint density at radius 1 is 0.905 bits per heavy atom. The number of carbonyl (C=O) groups excluding carboxylic acids is 2. The molecule has 1 aromatic rings. The summed E-state index contributed by atoms with van der Waals surface area (Å²) in [5.41, 5.74) is 0.946. The van der Waals surface area contributed by atoms with Crippen LogP contribution in [0.2, 0.25) is 0 Å². The first-order valence-corrected chi connectivity index (χ1v) is 8.04. The van der Waals surface area contributed by atoms with Crippen molar-refractivity contribution in [3.05, 3.63) is 35.4 Å². The number of amides is 2. The molecule has 0 saturated carbocycles. The molecule has 0 saturated heterocycles. The zero-order valence-electron chi connectivity index (χ0n) is 11.7. The second-order valence-corrected chi connectivity index (χ2v) is 5.37. The molecule has 114 valence electrons. The number of ether oxygens (including phenoxy) is 2. The van der Waals surface area contributed by atoms with Crippen molar-refractivity contribution >= 4 is 27.7 Å². The normalized spacial score (nSPS) is 13.9. The highest BCUT2D eigenvalue weighted by Crippen LogP contribution is 2.21. The third-order valence-electron chi connectivity index (χ3n) is 3.13. The molecule has 1 heterocycles. The number of fused-ring (bicyclic) bond motifs is 1. The molecule has 0 atom stereocenters. The average Bonchev–Trinajstić information content (AvgIpc) is 2.75. The minimum Gasteiger partial charge on any atom is -0.379 e. The van der Waals surface area contributed by atoms with Gasteiger partial charge in [0.05, 0.1) is 37.5 Å². The van der Waals surface area contributed by atoms with E-state index in [4.69, 9.17) is 9.47 Å². The molecule has 0 spiro atoms. The lowest BCUT2D eigenvalue weighted by Crippen LogP contribution is -2.33. The number of nitrogens with zero attached hydrogens (tertiary/aromatic N) is 1. The Balaban J connectivity index is 1.69. The maximum Gasteiger partial charge on any atom is 0.261 e. The van der Waals surface area contributed by atoms with Gasteiger partial charge in [0.2, 0.25) is 0 Å². The molecule has 1 aliphatic heterocycles. The van der Waals surface area contributed by atoms with Gasteiger partial charge in [-0.1, -0.05) is 28.1 Å². The Bertz CT molecular complexity index is 471. The first-order chi connectivity index (χ1) is 10.3. The van der Waals surface area contributed by atoms with Crippen molar-refractivity contribution in [3.63, 3.8) is 0 Å². The lowest BCUT2D eigenvalue weighted by Gasteiger charge is -2.13. The third-order valence-corrected chi connectivity index (χ3v) is 3.69. The maximum absolute atomic E-state index is 12.1. The van der Waals surface area contributed by atoms with Crippen LogP contribution in [0.5, 0.6) is 0 Å². The molecular formula is C15H18BrNO4. The van der Waals surface area contributed by atoms with Crippen molar-refractivity contribution in [2.75, 3.05) is 38.3 Å². The van der Waals surface area contributed by atoms with Crippen molar-refractivity contribution in [2.45, 2.75) is 6.42 Å². The summed E-state index contributed by atoms with van der Waals surface area (Å²) in [6.45, 7) is 2.29. The van der Waals surface area contributed by atoms with E-state index in [1.54, 1.807) is 24.3 Å². The van der Waals surface area contributed by atoms with E-state index in [0.717, 1.165) is 11.8 Å². The van der Waals surface area contributed by atoms with E-state index in [1.165, 1.54) is 4.90 Å². The Morgan fingerprint density at radius 2 is 1.48 bits per heavy atom. The second kappa shape index (κ2) is 8.26. The average molecular weight is 356 g/mol. The van der Waals surface area contributed by atoms with Crippen molar-refractivity contribution in [2.24, 2.45) is 0 Å². The van der Waals surface area contributed by atoms with Crippen molar-refractivity contribution < 1.29 is 19.1 Å². The SMILES string of the molecule is O=C1c2ccccc2C(=O)N1CCOCCOCCCBr. The summed E-state index contributed by atoms with van der Waals surface area (Å²) in [6, 6.07) is 6.87. The summed E-state index contributed by atoms with van der Waals surface area (Å²) >= 11 is 3.32. The molecule has 0 unspecified atom stereocenters. The highest BCUT2D eigenvalue weighted by Gasteiger charge is 2.34. The predicted octanol–water partition coefficient (Wildman–Crippen LogP) is 2.10. The Labute approximate surface area is 132 Å². The summed E-state index contributed by atoms with van der Waals surface area (Å²) in [5, 5.41) is 0.924. The van der Waals surface area contributed by atoms with E-state index < -0.39 is 0 Å². The van der Waals surface area contributed by atoms with E-state index in [2.05, 4.69) is 15.9 Å². The number of rotatable bonds is 9. The Morgan fingerprint density at radius 3 is 2.05 bits per heavy atom. The van der Waals surface area contributed by atoms with Gasteiger partial charge in [0.25, 0.3) is 11.8 Å². The molecule has 0 radical (unpaired) electrons. The zero-order chi connectivity index (χ0) is 15.1. The number of hydrogen-bond donors (Lipinski definition) is 0. The molecule has 1 aromatic carbocycles. The van der Waals surface area contributed by atoms with Crippen LogP contribution in [0.3, 0.4) is 0 Å². The first kappa shape index (κ1) is 16.1. The minimum atomic E-state index is -0.243. The van der Waals surface area contributed by atoms with E-state index in [1.807, 2.05) is 0 Å². The van der Waals surface area contributed by atoms with Crippen LogP contribution in [0.1, 0.15) is 27.1 Å². The summed E-state index contributed by atoms with van der Waals surface area (Å²) in [7, 11) is 0. The molecule has 21 heavy (non-hydrogen) atoms. The summed E-state index contributed by atoms with van der Waals surface area (Å²) in [6.07, 6.45) is 0.967. The number of carbonyl (C=O) groups is 2. The molecule has 1 aliphatic rings. The lowest BCUT2D eigenvalue weighted by atomic mass is 10.1. The molecule has 2 amide bonds. The van der Waals surface area contributed by atoms with Crippen molar-refractivity contribution in [3.8, 4) is 0 Å². The molecule has 0 aliphatic carbocycles. The van der Waals surface area contributed by atoms with Crippen LogP contribution in [0.4, 0.5) is 0 Å². The fraction of sp³-hybridized carbons (Fsp3) is 0.467. The van der Waals surface area contributed by atoms with Gasteiger partial charge in [-0.15, -0.1) is 0 Å². The van der Waals surface area contributed by atoms with Crippen LogP contribution in [0.25, 0.3) is 0 Å². The number of hydrogen-bond acceptors (Lipinski definition) is 4. The van der Waals surface area contributed by atoms with E-state index >= 15 is 0 Å². The summed E-state index contributed by atoms with van der Waals surface area (Å²) < 4.78 is 10.7. The van der Waals surface area contributed by atoms with Gasteiger partial charge in [-0.05, 0) is 18.6 Å². The molecule has 0 fully saturated rings. The number of alkyl halides is 1. The quantitative estimate of drug-likeness (QED) is 0.386. The molecule has 0 N–H and O–H groups in total. The lowest BCUT2D eigenvalue weighted by molar-refractivity contribution is 0.0358. The second-order valence-electron chi connectivity index (χ2n) is 4.57. The van der Waals surface area contributed by atoms with Crippen LogP contribution in [-0.2, 0) is 9.47 Å². The zero-order valence-corrected chi connectivity index (χ0v) is 13.3. The van der Waals surface area contributed by atoms with Crippen LogP contribution in [0.15, 0.2) is 24.3 Å². The van der Waals surface area contributed by atoms with Gasteiger partial charge in [-0.2, -0.15) is 0 Å². The Hall–Kier alpha value is -1.24. The number of benzene rings is 1. The highest BCUT2D eigenvalue weighted by molar-refractivity contribution is 9.09. The van der Waals surface area contributed by atoms with Crippen LogP contribution in [0, 0.1) is 0 Å². The van der Waals surface area contributed by atoms with E-state index in [9.17, 15) is 9.59 Å². The van der Waals surface area contributed by atoms with Gasteiger partial charge < -0.3 is 9.47 Å². The maximum atomic E-state index is 12.1. The predicted molar refractivity (Wildman–Crippen MR) is 81.9 cm³/mol. The molecule has 6 heteroatoms. The molecule has 2 rings (SSSR count). The third kappa shape index (κ3) is 4.12. The fourth-order valence-electron chi connectivity index (χ4n) is 2.08. The van der Waals surface area contributed by atoms with Crippen LogP contribution >= 0.6 is 15.9 Å². The van der Waals surface area contributed by atoms with Crippen LogP contribution < -0.4 is 0 Å². The van der Waals surface area contributed by atoms with Crippen molar-refractivity contribution in [1.29, 1.82) is 0 Å². The topological polar surface area (TPSA) is 55.8 Å². The summed E-state index contributed by atoms with van der Waals surface area (Å²) in [4.78, 5) is 25.4. The minimum absolute atomic E-state index is 0.243. The molecule has 5 nitrogen and oxygen atoms in total. The van der Waals surface area contributed by atoms with Gasteiger partial charge in [-0.3, -0.25) is 14.5 Å².